The van der Waals surface area contributed by atoms with Crippen molar-refractivity contribution in [3.05, 3.63) is 23.7 Å². The lowest BCUT2D eigenvalue weighted by molar-refractivity contribution is 0.494. The van der Waals surface area contributed by atoms with Crippen LogP contribution in [-0.2, 0) is 0 Å². The normalized spacial score (nSPS) is 15.8. The summed E-state index contributed by atoms with van der Waals surface area (Å²) in [5.74, 6) is 1.69. The molecule has 0 bridgehead atoms. The van der Waals surface area contributed by atoms with Crippen LogP contribution in [0.15, 0.2) is 21.7 Å². The summed E-state index contributed by atoms with van der Waals surface area (Å²) in [6.45, 7) is 2.65. The summed E-state index contributed by atoms with van der Waals surface area (Å²) in [5, 5.41) is 6.18. The molecule has 5 heteroatoms. The zero-order valence-electron chi connectivity index (χ0n) is 7.86. The number of hydrogen-bond acceptors (Lipinski definition) is 3. The molecule has 1 aliphatic heterocycles. The fourth-order valence-electron chi connectivity index (χ4n) is 1.38. The molecule has 0 radical (unpaired) electrons. The molecule has 4 nitrogen and oxygen atoms in total. The molecule has 0 spiro atoms. The Labute approximate surface area is 87.4 Å². The van der Waals surface area contributed by atoms with Crippen molar-refractivity contribution in [2.75, 3.05) is 6.54 Å². The molecule has 0 fully saturated rings. The molecule has 0 aliphatic carbocycles. The minimum absolute atomic E-state index is 0.309. The molecular weight excluding hydrogens is 198 g/mol. The van der Waals surface area contributed by atoms with E-state index in [2.05, 4.69) is 5.10 Å². The maximum absolute atomic E-state index is 5.46. The van der Waals surface area contributed by atoms with Crippen LogP contribution in [0.3, 0.4) is 0 Å². The van der Waals surface area contributed by atoms with E-state index in [1.807, 2.05) is 19.1 Å². The number of thiocarbonyl (C=S) groups is 1. The summed E-state index contributed by atoms with van der Waals surface area (Å²) in [4.78, 5) is 0. The van der Waals surface area contributed by atoms with Crippen LogP contribution >= 0.6 is 12.2 Å². The molecule has 0 unspecified atom stereocenters. The second-order valence-corrected chi connectivity index (χ2v) is 3.59. The van der Waals surface area contributed by atoms with Crippen molar-refractivity contribution < 1.29 is 4.42 Å². The van der Waals surface area contributed by atoms with E-state index in [1.54, 1.807) is 5.01 Å². The van der Waals surface area contributed by atoms with Gasteiger partial charge in [-0.15, -0.1) is 0 Å². The number of hydrazone groups is 1. The lowest BCUT2D eigenvalue weighted by Crippen LogP contribution is -2.28. The zero-order chi connectivity index (χ0) is 10.1. The number of hydrogen-bond donors (Lipinski definition) is 1. The molecule has 1 aliphatic rings. The number of rotatable bonds is 1. The van der Waals surface area contributed by atoms with E-state index in [1.165, 1.54) is 0 Å². The summed E-state index contributed by atoms with van der Waals surface area (Å²) in [6.07, 6.45) is 0.824. The number of furan rings is 1. The summed E-state index contributed by atoms with van der Waals surface area (Å²) < 4.78 is 5.45. The fourth-order valence-corrected chi connectivity index (χ4v) is 1.51. The van der Waals surface area contributed by atoms with Crippen LogP contribution in [0.5, 0.6) is 0 Å². The van der Waals surface area contributed by atoms with E-state index in [-0.39, 0.29) is 0 Å². The van der Waals surface area contributed by atoms with Crippen molar-refractivity contribution in [1.82, 2.24) is 5.01 Å². The predicted molar refractivity (Wildman–Crippen MR) is 58.1 cm³/mol. The van der Waals surface area contributed by atoms with Crippen molar-refractivity contribution >= 4 is 23.0 Å². The highest BCUT2D eigenvalue weighted by Crippen LogP contribution is 2.15. The summed E-state index contributed by atoms with van der Waals surface area (Å²) in [6, 6.07) is 3.83. The van der Waals surface area contributed by atoms with Crippen LogP contribution in [0, 0.1) is 6.92 Å². The van der Waals surface area contributed by atoms with Gasteiger partial charge in [-0.05, 0) is 31.3 Å². The van der Waals surface area contributed by atoms with Gasteiger partial charge in [-0.2, -0.15) is 5.10 Å². The van der Waals surface area contributed by atoms with Gasteiger partial charge in [0.05, 0.1) is 0 Å². The smallest absolute Gasteiger partial charge is 0.186 e. The molecule has 1 aromatic rings. The fraction of sp³-hybridized carbons (Fsp3) is 0.333. The Kier molecular flexibility index (Phi) is 2.25. The zero-order valence-corrected chi connectivity index (χ0v) is 8.67. The Balaban J connectivity index is 2.21. The molecule has 74 valence electrons. The van der Waals surface area contributed by atoms with E-state index in [0.29, 0.717) is 5.11 Å². The van der Waals surface area contributed by atoms with E-state index in [0.717, 1.165) is 30.2 Å². The number of nitrogens with zero attached hydrogens (tertiary/aromatic N) is 2. The number of nitrogens with two attached hydrogens (primary N) is 1. The minimum atomic E-state index is 0.309. The highest BCUT2D eigenvalue weighted by Gasteiger charge is 2.19. The molecule has 2 heterocycles. The van der Waals surface area contributed by atoms with Gasteiger partial charge in [0.15, 0.2) is 5.11 Å². The van der Waals surface area contributed by atoms with Crippen molar-refractivity contribution in [2.24, 2.45) is 10.8 Å². The van der Waals surface area contributed by atoms with Crippen LogP contribution in [0.1, 0.15) is 17.9 Å². The molecule has 0 amide bonds. The first-order valence-electron chi connectivity index (χ1n) is 4.38. The van der Waals surface area contributed by atoms with Crippen molar-refractivity contribution in [3.63, 3.8) is 0 Å². The number of aryl methyl sites for hydroxylation is 1. The molecule has 0 saturated heterocycles. The first kappa shape index (κ1) is 9.21. The van der Waals surface area contributed by atoms with Gasteiger partial charge in [0.25, 0.3) is 0 Å². The largest absolute Gasteiger partial charge is 0.460 e. The highest BCUT2D eigenvalue weighted by molar-refractivity contribution is 7.80. The van der Waals surface area contributed by atoms with Crippen LogP contribution in [-0.4, -0.2) is 22.4 Å². The molecule has 2 rings (SSSR count). The third-order valence-electron chi connectivity index (χ3n) is 2.08. The first-order valence-corrected chi connectivity index (χ1v) is 4.79. The van der Waals surface area contributed by atoms with E-state index >= 15 is 0 Å². The monoisotopic (exact) mass is 209 g/mol. The Bertz CT molecular complexity index is 397. The minimum Gasteiger partial charge on any atom is -0.460 e. The average Bonchev–Trinajstić information content (AvgIpc) is 2.70. The van der Waals surface area contributed by atoms with Crippen molar-refractivity contribution in [2.45, 2.75) is 13.3 Å². The topological polar surface area (TPSA) is 54.8 Å². The third-order valence-corrected chi connectivity index (χ3v) is 2.29. The van der Waals surface area contributed by atoms with Gasteiger partial charge in [0.1, 0.15) is 17.2 Å². The molecule has 2 N–H and O–H groups in total. The van der Waals surface area contributed by atoms with Crippen molar-refractivity contribution in [3.8, 4) is 0 Å². The van der Waals surface area contributed by atoms with Gasteiger partial charge >= 0.3 is 0 Å². The van der Waals surface area contributed by atoms with Crippen LogP contribution in [0.2, 0.25) is 0 Å². The Morgan fingerprint density at radius 3 is 2.93 bits per heavy atom. The van der Waals surface area contributed by atoms with Crippen LogP contribution < -0.4 is 5.73 Å². The standard InChI is InChI=1S/C9H11N3OS/c1-6-2-3-8(13-6)7-4-5-12(11-7)9(10)14/h2-3H,4-5H2,1H3,(H2,10,14). The Morgan fingerprint density at radius 2 is 2.43 bits per heavy atom. The van der Waals surface area contributed by atoms with Gasteiger partial charge in [-0.1, -0.05) is 0 Å². The van der Waals surface area contributed by atoms with Gasteiger partial charge in [-0.3, -0.25) is 0 Å². The predicted octanol–water partition coefficient (Wildman–Crippen LogP) is 1.24. The molecule has 0 saturated carbocycles. The van der Waals surface area contributed by atoms with Crippen molar-refractivity contribution in [1.29, 1.82) is 0 Å². The second-order valence-electron chi connectivity index (χ2n) is 3.17. The summed E-state index contributed by atoms with van der Waals surface area (Å²) >= 11 is 4.83. The quantitative estimate of drug-likeness (QED) is 0.707. The Morgan fingerprint density at radius 1 is 1.64 bits per heavy atom. The van der Waals surface area contributed by atoms with Gasteiger partial charge in [-0.25, -0.2) is 5.01 Å². The third kappa shape index (κ3) is 1.63. The van der Waals surface area contributed by atoms with E-state index in [9.17, 15) is 0 Å². The van der Waals surface area contributed by atoms with E-state index in [4.69, 9.17) is 22.4 Å². The van der Waals surface area contributed by atoms with Gasteiger partial charge < -0.3 is 10.2 Å². The lowest BCUT2D eigenvalue weighted by Gasteiger charge is -2.08. The lowest BCUT2D eigenvalue weighted by atomic mass is 10.2. The first-order chi connectivity index (χ1) is 6.66. The molecule has 1 aromatic heterocycles. The maximum atomic E-state index is 5.46. The van der Waals surface area contributed by atoms with Gasteiger partial charge in [0, 0.05) is 13.0 Å². The second kappa shape index (κ2) is 3.42. The maximum Gasteiger partial charge on any atom is 0.186 e. The summed E-state index contributed by atoms with van der Waals surface area (Å²) in [7, 11) is 0. The van der Waals surface area contributed by atoms with Gasteiger partial charge in [0.2, 0.25) is 0 Å². The molecular formula is C9H11N3OS. The van der Waals surface area contributed by atoms with Crippen LogP contribution in [0.25, 0.3) is 0 Å². The average molecular weight is 209 g/mol. The summed E-state index contributed by atoms with van der Waals surface area (Å²) in [5.41, 5.74) is 6.37. The SMILES string of the molecule is Cc1ccc(C2=NN(C(N)=S)CC2)o1. The highest BCUT2D eigenvalue weighted by atomic mass is 32.1. The molecule has 0 atom stereocenters. The molecule has 0 aromatic carbocycles. The van der Waals surface area contributed by atoms with E-state index < -0.39 is 0 Å². The Hall–Kier alpha value is -1.36. The van der Waals surface area contributed by atoms with Crippen LogP contribution in [0.4, 0.5) is 0 Å². The molecule has 14 heavy (non-hydrogen) atoms.